The normalized spacial score (nSPS) is 11.6. The molecule has 6 nitrogen and oxygen atoms in total. The second-order valence-electron chi connectivity index (χ2n) is 7.76. The zero-order chi connectivity index (χ0) is 23.1. The van der Waals surface area contributed by atoms with Gasteiger partial charge in [-0.15, -0.1) is 0 Å². The fourth-order valence-corrected chi connectivity index (χ4v) is 3.60. The average Bonchev–Trinajstić information content (AvgIpc) is 2.78. The van der Waals surface area contributed by atoms with E-state index in [1.54, 1.807) is 36.5 Å². The van der Waals surface area contributed by atoms with Gasteiger partial charge in [0.05, 0.1) is 16.1 Å². The van der Waals surface area contributed by atoms with Crippen molar-refractivity contribution in [3.05, 3.63) is 94.1 Å². The van der Waals surface area contributed by atoms with Crippen LogP contribution >= 0.6 is 11.6 Å². The van der Waals surface area contributed by atoms with E-state index in [4.69, 9.17) is 16.7 Å². The molecule has 0 radical (unpaired) electrons. The standard InChI is InChI=1S/C25H26ClN3O3/c1-17(14-19-8-10-20(11-9-19)25(31)32)28-24(30)22-15-21(26)16-27-23(22)29(2)13-12-18-6-4-3-5-7-18/h3-11,15-17H,12-14H2,1-2H3,(H,28,30)(H,31,32)/t17-/m0/s1. The Labute approximate surface area is 192 Å². The smallest absolute Gasteiger partial charge is 0.335 e. The lowest BCUT2D eigenvalue weighted by atomic mass is 10.0. The molecule has 3 aromatic rings. The van der Waals surface area contributed by atoms with Gasteiger partial charge in [-0.25, -0.2) is 9.78 Å². The van der Waals surface area contributed by atoms with Gasteiger partial charge in [0.15, 0.2) is 0 Å². The van der Waals surface area contributed by atoms with E-state index in [1.807, 2.05) is 37.1 Å². The summed E-state index contributed by atoms with van der Waals surface area (Å²) in [5, 5.41) is 12.4. The summed E-state index contributed by atoms with van der Waals surface area (Å²) in [7, 11) is 1.91. The molecule has 166 valence electrons. The number of hydrogen-bond donors (Lipinski definition) is 2. The Morgan fingerprint density at radius 2 is 1.78 bits per heavy atom. The molecule has 1 atom stereocenters. The lowest BCUT2D eigenvalue weighted by molar-refractivity contribution is 0.0696. The molecule has 0 unspecified atom stereocenters. The van der Waals surface area contributed by atoms with Gasteiger partial charge < -0.3 is 15.3 Å². The van der Waals surface area contributed by atoms with E-state index in [9.17, 15) is 9.59 Å². The highest BCUT2D eigenvalue weighted by Crippen LogP contribution is 2.21. The van der Waals surface area contributed by atoms with Crippen molar-refractivity contribution >= 4 is 29.3 Å². The third-order valence-corrected chi connectivity index (χ3v) is 5.35. The third kappa shape index (κ3) is 6.31. The number of benzene rings is 2. The first-order valence-electron chi connectivity index (χ1n) is 10.4. The minimum Gasteiger partial charge on any atom is -0.478 e. The molecule has 0 aliphatic carbocycles. The number of halogens is 1. The Balaban J connectivity index is 1.67. The fraction of sp³-hybridized carbons (Fsp3) is 0.240. The van der Waals surface area contributed by atoms with Crippen molar-refractivity contribution in [2.75, 3.05) is 18.5 Å². The summed E-state index contributed by atoms with van der Waals surface area (Å²) in [4.78, 5) is 30.4. The van der Waals surface area contributed by atoms with Crippen molar-refractivity contribution in [1.29, 1.82) is 0 Å². The zero-order valence-electron chi connectivity index (χ0n) is 18.1. The summed E-state index contributed by atoms with van der Waals surface area (Å²) in [6, 6.07) is 18.2. The van der Waals surface area contributed by atoms with Crippen molar-refractivity contribution in [3.63, 3.8) is 0 Å². The van der Waals surface area contributed by atoms with Crippen LogP contribution in [0.4, 0.5) is 5.82 Å². The first-order valence-corrected chi connectivity index (χ1v) is 10.7. The molecule has 0 saturated carbocycles. The van der Waals surface area contributed by atoms with Crippen LogP contribution in [0.1, 0.15) is 38.8 Å². The van der Waals surface area contributed by atoms with Gasteiger partial charge in [0.1, 0.15) is 5.82 Å². The summed E-state index contributed by atoms with van der Waals surface area (Å²) in [5.41, 5.74) is 2.80. The molecule has 1 heterocycles. The molecule has 0 aliphatic heterocycles. The second-order valence-corrected chi connectivity index (χ2v) is 8.20. The number of aromatic nitrogens is 1. The fourth-order valence-electron chi connectivity index (χ4n) is 3.44. The molecule has 1 amide bonds. The number of nitrogens with zero attached hydrogens (tertiary/aromatic N) is 2. The number of rotatable bonds is 9. The maximum atomic E-state index is 13.0. The number of anilines is 1. The number of amides is 1. The Hall–Kier alpha value is -3.38. The van der Waals surface area contributed by atoms with Crippen molar-refractivity contribution in [3.8, 4) is 0 Å². The lowest BCUT2D eigenvalue weighted by Crippen LogP contribution is -2.35. The average molecular weight is 452 g/mol. The number of carbonyl (C=O) groups excluding carboxylic acids is 1. The van der Waals surface area contributed by atoms with Crippen LogP contribution in [-0.4, -0.2) is 41.6 Å². The van der Waals surface area contributed by atoms with Crippen molar-refractivity contribution in [2.45, 2.75) is 25.8 Å². The minimum atomic E-state index is -0.963. The van der Waals surface area contributed by atoms with Crippen LogP contribution in [-0.2, 0) is 12.8 Å². The number of aromatic carboxylic acids is 1. The van der Waals surface area contributed by atoms with E-state index in [1.165, 1.54) is 5.56 Å². The number of pyridine rings is 1. The molecule has 7 heteroatoms. The highest BCUT2D eigenvalue weighted by Gasteiger charge is 2.19. The molecule has 32 heavy (non-hydrogen) atoms. The Morgan fingerprint density at radius 1 is 1.09 bits per heavy atom. The first kappa shape index (κ1) is 23.3. The summed E-state index contributed by atoms with van der Waals surface area (Å²) < 4.78 is 0. The molecule has 1 aromatic heterocycles. The van der Waals surface area contributed by atoms with Crippen LogP contribution in [0, 0.1) is 0 Å². The predicted molar refractivity (Wildman–Crippen MR) is 127 cm³/mol. The lowest BCUT2D eigenvalue weighted by Gasteiger charge is -2.22. The molecular formula is C25H26ClN3O3. The van der Waals surface area contributed by atoms with Crippen LogP contribution in [0.5, 0.6) is 0 Å². The first-order chi connectivity index (χ1) is 15.3. The number of hydrogen-bond acceptors (Lipinski definition) is 4. The molecule has 2 N–H and O–H groups in total. The molecule has 0 saturated heterocycles. The SMILES string of the molecule is C[C@@H](Cc1ccc(C(=O)O)cc1)NC(=O)c1cc(Cl)cnc1N(C)CCc1ccccc1. The molecule has 2 aromatic carbocycles. The van der Waals surface area contributed by atoms with Crippen LogP contribution in [0.25, 0.3) is 0 Å². The summed E-state index contributed by atoms with van der Waals surface area (Å²) in [5.74, 6) is -0.646. The number of likely N-dealkylation sites (N-methyl/N-ethyl adjacent to an activating group) is 1. The summed E-state index contributed by atoms with van der Waals surface area (Å²) >= 11 is 6.14. The molecule has 3 rings (SSSR count). The maximum Gasteiger partial charge on any atom is 0.335 e. The van der Waals surface area contributed by atoms with E-state index < -0.39 is 5.97 Å². The number of carboxylic acids is 1. The third-order valence-electron chi connectivity index (χ3n) is 5.14. The minimum absolute atomic E-state index is 0.167. The molecule has 0 spiro atoms. The van der Waals surface area contributed by atoms with Crippen molar-refractivity contribution < 1.29 is 14.7 Å². The quantitative estimate of drug-likeness (QED) is 0.501. The van der Waals surface area contributed by atoms with Crippen molar-refractivity contribution in [2.24, 2.45) is 0 Å². The van der Waals surface area contributed by atoms with E-state index in [0.29, 0.717) is 29.4 Å². The van der Waals surface area contributed by atoms with Gasteiger partial charge in [-0.1, -0.05) is 54.1 Å². The van der Waals surface area contributed by atoms with E-state index in [0.717, 1.165) is 12.0 Å². The zero-order valence-corrected chi connectivity index (χ0v) is 18.8. The van der Waals surface area contributed by atoms with E-state index in [2.05, 4.69) is 22.4 Å². The Bertz CT molecular complexity index is 1070. The molecular weight excluding hydrogens is 426 g/mol. The van der Waals surface area contributed by atoms with E-state index in [-0.39, 0.29) is 17.5 Å². The Morgan fingerprint density at radius 3 is 2.44 bits per heavy atom. The van der Waals surface area contributed by atoms with Crippen LogP contribution < -0.4 is 10.2 Å². The highest BCUT2D eigenvalue weighted by molar-refractivity contribution is 6.31. The molecule has 0 aliphatic rings. The van der Waals surface area contributed by atoms with Gasteiger partial charge in [-0.3, -0.25) is 4.79 Å². The van der Waals surface area contributed by atoms with Crippen LogP contribution in [0.15, 0.2) is 66.9 Å². The maximum absolute atomic E-state index is 13.0. The molecule has 0 fully saturated rings. The van der Waals surface area contributed by atoms with Crippen LogP contribution in [0.2, 0.25) is 5.02 Å². The summed E-state index contributed by atoms with van der Waals surface area (Å²) in [6.07, 6.45) is 2.93. The largest absolute Gasteiger partial charge is 0.478 e. The van der Waals surface area contributed by atoms with Gasteiger partial charge in [0.2, 0.25) is 0 Å². The Kier molecular flexibility index (Phi) is 7.84. The van der Waals surface area contributed by atoms with Gasteiger partial charge in [-0.2, -0.15) is 0 Å². The highest BCUT2D eigenvalue weighted by atomic mass is 35.5. The topological polar surface area (TPSA) is 82.5 Å². The van der Waals surface area contributed by atoms with Gasteiger partial charge in [-0.05, 0) is 49.1 Å². The van der Waals surface area contributed by atoms with E-state index >= 15 is 0 Å². The van der Waals surface area contributed by atoms with Gasteiger partial charge >= 0.3 is 5.97 Å². The monoisotopic (exact) mass is 451 g/mol. The number of carbonyl (C=O) groups is 2. The van der Waals surface area contributed by atoms with Crippen molar-refractivity contribution in [1.82, 2.24) is 10.3 Å². The number of carboxylic acid groups (broad SMARTS) is 1. The van der Waals surface area contributed by atoms with Gasteiger partial charge in [0.25, 0.3) is 5.91 Å². The predicted octanol–water partition coefficient (Wildman–Crippen LogP) is 4.47. The van der Waals surface area contributed by atoms with Gasteiger partial charge in [0, 0.05) is 25.8 Å². The number of nitrogens with one attached hydrogen (secondary N) is 1. The molecule has 0 bridgehead atoms. The van der Waals surface area contributed by atoms with Crippen LogP contribution in [0.3, 0.4) is 0 Å². The second kappa shape index (κ2) is 10.8. The summed E-state index contributed by atoms with van der Waals surface area (Å²) in [6.45, 7) is 2.60.